The molecule has 0 saturated carbocycles. The summed E-state index contributed by atoms with van der Waals surface area (Å²) >= 11 is 0. The molecule has 0 aliphatic rings. The van der Waals surface area contributed by atoms with E-state index in [1.165, 1.54) is 0 Å². The first-order valence-corrected chi connectivity index (χ1v) is 4.84. The Hall–Kier alpha value is -1.55. The van der Waals surface area contributed by atoms with Crippen molar-refractivity contribution < 1.29 is 4.79 Å². The summed E-state index contributed by atoms with van der Waals surface area (Å²) in [7, 11) is 0. The fourth-order valence-electron chi connectivity index (χ4n) is 1.42. The zero-order valence-corrected chi connectivity index (χ0v) is 8.42. The van der Waals surface area contributed by atoms with Crippen LogP contribution in [0.1, 0.15) is 35.7 Å². The van der Waals surface area contributed by atoms with Crippen LogP contribution in [0, 0.1) is 12.3 Å². The number of hydrogen-bond acceptors (Lipinski definition) is 1. The van der Waals surface area contributed by atoms with E-state index >= 15 is 0 Å². The van der Waals surface area contributed by atoms with Crippen molar-refractivity contribution in [3.63, 3.8) is 0 Å². The van der Waals surface area contributed by atoms with Crippen LogP contribution in [-0.4, -0.2) is 5.78 Å². The van der Waals surface area contributed by atoms with Crippen molar-refractivity contribution in [2.24, 2.45) is 0 Å². The molecule has 1 nitrogen and oxygen atoms in total. The van der Waals surface area contributed by atoms with Crippen LogP contribution in [-0.2, 0) is 6.42 Å². The molecule has 0 aromatic heterocycles. The number of terminal acetylenes is 1. The minimum Gasteiger partial charge on any atom is -0.294 e. The SMILES string of the molecule is C#CCCC(=O)c1ccccc1CC. The van der Waals surface area contributed by atoms with E-state index in [0.717, 1.165) is 17.5 Å². The van der Waals surface area contributed by atoms with Crippen molar-refractivity contribution in [2.45, 2.75) is 26.2 Å². The number of hydrogen-bond donors (Lipinski definition) is 0. The molecule has 0 aliphatic heterocycles. The molecule has 1 aromatic rings. The number of carbonyl (C=O) groups is 1. The normalized spacial score (nSPS) is 9.43. The van der Waals surface area contributed by atoms with Crippen LogP contribution in [0.25, 0.3) is 0 Å². The summed E-state index contributed by atoms with van der Waals surface area (Å²) < 4.78 is 0. The second-order valence-electron chi connectivity index (χ2n) is 3.14. The van der Waals surface area contributed by atoms with E-state index < -0.39 is 0 Å². The van der Waals surface area contributed by atoms with Crippen LogP contribution in [0.4, 0.5) is 0 Å². The summed E-state index contributed by atoms with van der Waals surface area (Å²) in [6.07, 6.45) is 6.99. The highest BCUT2D eigenvalue weighted by Gasteiger charge is 2.08. The van der Waals surface area contributed by atoms with Gasteiger partial charge in [0.2, 0.25) is 0 Å². The smallest absolute Gasteiger partial charge is 0.164 e. The lowest BCUT2D eigenvalue weighted by Gasteiger charge is -2.04. The highest BCUT2D eigenvalue weighted by atomic mass is 16.1. The van der Waals surface area contributed by atoms with Crippen LogP contribution >= 0.6 is 0 Å². The van der Waals surface area contributed by atoms with Crippen LogP contribution < -0.4 is 0 Å². The Morgan fingerprint density at radius 1 is 1.43 bits per heavy atom. The minimum atomic E-state index is 0.153. The number of rotatable bonds is 4. The van der Waals surface area contributed by atoms with Gasteiger partial charge >= 0.3 is 0 Å². The highest BCUT2D eigenvalue weighted by Crippen LogP contribution is 2.12. The second-order valence-corrected chi connectivity index (χ2v) is 3.14. The van der Waals surface area contributed by atoms with Gasteiger partial charge in [-0.25, -0.2) is 0 Å². The quantitative estimate of drug-likeness (QED) is 0.522. The third-order valence-electron chi connectivity index (χ3n) is 2.20. The van der Waals surface area contributed by atoms with Crippen molar-refractivity contribution in [3.05, 3.63) is 35.4 Å². The fourth-order valence-corrected chi connectivity index (χ4v) is 1.42. The van der Waals surface area contributed by atoms with Crippen molar-refractivity contribution in [1.82, 2.24) is 0 Å². The average molecular weight is 186 g/mol. The van der Waals surface area contributed by atoms with E-state index in [0.29, 0.717) is 12.8 Å². The van der Waals surface area contributed by atoms with Crippen molar-refractivity contribution in [3.8, 4) is 12.3 Å². The lowest BCUT2D eigenvalue weighted by Crippen LogP contribution is -2.02. The van der Waals surface area contributed by atoms with Gasteiger partial charge in [-0.2, -0.15) is 0 Å². The number of aryl methyl sites for hydroxylation is 1. The summed E-state index contributed by atoms with van der Waals surface area (Å²) in [4.78, 5) is 11.7. The molecule has 0 aliphatic carbocycles. The molecule has 1 aromatic carbocycles. The standard InChI is InChI=1S/C13H14O/c1-3-5-10-13(14)12-9-7-6-8-11(12)4-2/h1,6-9H,4-5,10H2,2H3. The topological polar surface area (TPSA) is 17.1 Å². The molecule has 0 radical (unpaired) electrons. The molecule has 0 spiro atoms. The lowest BCUT2D eigenvalue weighted by atomic mass is 9.99. The van der Waals surface area contributed by atoms with Gasteiger partial charge in [-0.1, -0.05) is 31.2 Å². The Balaban J connectivity index is 2.84. The number of Topliss-reactive ketones (excluding diaryl/α,β-unsaturated/α-hetero) is 1. The predicted molar refractivity (Wildman–Crippen MR) is 58.2 cm³/mol. The minimum absolute atomic E-state index is 0.153. The van der Waals surface area contributed by atoms with Gasteiger partial charge in [0.25, 0.3) is 0 Å². The predicted octanol–water partition coefficient (Wildman–Crippen LogP) is 2.85. The molecule has 0 atom stereocenters. The van der Waals surface area contributed by atoms with Crippen LogP contribution in [0.2, 0.25) is 0 Å². The molecule has 0 amide bonds. The maximum absolute atomic E-state index is 11.7. The number of carbonyl (C=O) groups excluding carboxylic acids is 1. The third kappa shape index (κ3) is 2.47. The maximum atomic E-state index is 11.7. The van der Waals surface area contributed by atoms with Gasteiger partial charge in [0.1, 0.15) is 0 Å². The summed E-state index contributed by atoms with van der Waals surface area (Å²) in [6, 6.07) is 7.71. The molecule has 14 heavy (non-hydrogen) atoms. The van der Waals surface area contributed by atoms with E-state index in [-0.39, 0.29) is 5.78 Å². The Kier molecular flexibility index (Phi) is 3.94. The molecular weight excluding hydrogens is 172 g/mol. The van der Waals surface area contributed by atoms with Crippen LogP contribution in [0.3, 0.4) is 0 Å². The average Bonchev–Trinajstić information content (AvgIpc) is 2.25. The van der Waals surface area contributed by atoms with Gasteiger partial charge in [-0.05, 0) is 12.0 Å². The van der Waals surface area contributed by atoms with Gasteiger partial charge in [0.05, 0.1) is 0 Å². The van der Waals surface area contributed by atoms with Gasteiger partial charge in [0.15, 0.2) is 5.78 Å². The van der Waals surface area contributed by atoms with Crippen LogP contribution in [0.5, 0.6) is 0 Å². The van der Waals surface area contributed by atoms with E-state index in [4.69, 9.17) is 6.42 Å². The number of benzene rings is 1. The summed E-state index contributed by atoms with van der Waals surface area (Å²) in [5.41, 5.74) is 1.93. The largest absolute Gasteiger partial charge is 0.294 e. The Bertz CT molecular complexity index is 358. The summed E-state index contributed by atoms with van der Waals surface area (Å²) in [6.45, 7) is 2.05. The summed E-state index contributed by atoms with van der Waals surface area (Å²) in [5.74, 6) is 2.64. The van der Waals surface area contributed by atoms with Crippen molar-refractivity contribution >= 4 is 5.78 Å². The van der Waals surface area contributed by atoms with Gasteiger partial charge < -0.3 is 0 Å². The fraction of sp³-hybridized carbons (Fsp3) is 0.308. The molecule has 0 unspecified atom stereocenters. The number of ketones is 1. The summed E-state index contributed by atoms with van der Waals surface area (Å²) in [5, 5.41) is 0. The molecule has 0 saturated heterocycles. The molecule has 0 fully saturated rings. The molecular formula is C13H14O. The molecule has 0 N–H and O–H groups in total. The Labute approximate surface area is 85.1 Å². The first-order chi connectivity index (χ1) is 6.79. The highest BCUT2D eigenvalue weighted by molar-refractivity contribution is 5.97. The van der Waals surface area contributed by atoms with E-state index in [1.807, 2.05) is 31.2 Å². The first kappa shape index (κ1) is 10.5. The second kappa shape index (κ2) is 5.24. The Morgan fingerprint density at radius 2 is 2.14 bits per heavy atom. The van der Waals surface area contributed by atoms with Gasteiger partial charge in [0, 0.05) is 18.4 Å². The molecule has 1 rings (SSSR count). The Morgan fingerprint density at radius 3 is 2.79 bits per heavy atom. The molecule has 0 bridgehead atoms. The zero-order chi connectivity index (χ0) is 10.4. The van der Waals surface area contributed by atoms with E-state index in [2.05, 4.69) is 5.92 Å². The molecule has 0 heterocycles. The first-order valence-electron chi connectivity index (χ1n) is 4.84. The zero-order valence-electron chi connectivity index (χ0n) is 8.42. The van der Waals surface area contributed by atoms with Crippen molar-refractivity contribution in [1.29, 1.82) is 0 Å². The van der Waals surface area contributed by atoms with E-state index in [9.17, 15) is 4.79 Å². The van der Waals surface area contributed by atoms with Gasteiger partial charge in [-0.3, -0.25) is 4.79 Å². The lowest BCUT2D eigenvalue weighted by molar-refractivity contribution is 0.0983. The third-order valence-corrected chi connectivity index (χ3v) is 2.20. The van der Waals surface area contributed by atoms with Crippen LogP contribution in [0.15, 0.2) is 24.3 Å². The van der Waals surface area contributed by atoms with E-state index in [1.54, 1.807) is 0 Å². The van der Waals surface area contributed by atoms with Gasteiger partial charge in [-0.15, -0.1) is 12.3 Å². The maximum Gasteiger partial charge on any atom is 0.164 e. The van der Waals surface area contributed by atoms with Crippen molar-refractivity contribution in [2.75, 3.05) is 0 Å². The molecule has 72 valence electrons. The molecule has 1 heteroatoms. The monoisotopic (exact) mass is 186 g/mol.